The summed E-state index contributed by atoms with van der Waals surface area (Å²) in [6.07, 6.45) is 0. The molecule has 2 aliphatic heterocycles. The second-order valence-corrected chi connectivity index (χ2v) is 13.3. The van der Waals surface area contributed by atoms with Crippen LogP contribution in [0.1, 0.15) is 31.0 Å². The van der Waals surface area contributed by atoms with E-state index in [4.69, 9.17) is 0 Å². The normalized spacial score (nSPS) is 20.0. The third kappa shape index (κ3) is 6.74. The SMILES string of the molecule is CC1(C)S[C@@H]2[C@H](NC(=O)[C@H](NC(=O)C#Cc3ccc(NSc4ccccc4[N+](=O)[O-])cc3)c3ccccc3)C(=O)N2[C@H]1C(=O)O. The number of benzene rings is 3. The molecule has 2 fully saturated rings. The number of amides is 3. The molecule has 0 radical (unpaired) electrons. The zero-order valence-electron chi connectivity index (χ0n) is 23.9. The first-order valence-corrected chi connectivity index (χ1v) is 15.3. The maximum atomic E-state index is 13.4. The number of carboxylic acids is 1. The summed E-state index contributed by atoms with van der Waals surface area (Å²) in [7, 11) is 0. The molecule has 0 spiro atoms. The number of hydrogen-bond donors (Lipinski definition) is 4. The van der Waals surface area contributed by atoms with Crippen molar-refractivity contribution in [3.8, 4) is 11.8 Å². The van der Waals surface area contributed by atoms with E-state index in [0.29, 0.717) is 21.7 Å². The lowest BCUT2D eigenvalue weighted by Gasteiger charge is -2.44. The number of β-lactam (4-membered cyclic amide) rings is 1. The minimum atomic E-state index is -1.16. The fourth-order valence-electron chi connectivity index (χ4n) is 5.05. The van der Waals surface area contributed by atoms with Gasteiger partial charge >= 0.3 is 5.97 Å². The second kappa shape index (κ2) is 12.9. The van der Waals surface area contributed by atoms with Crippen LogP contribution >= 0.6 is 23.7 Å². The number of nitro benzene ring substituents is 1. The van der Waals surface area contributed by atoms with Crippen LogP contribution in [0.2, 0.25) is 0 Å². The topological polar surface area (TPSA) is 171 Å². The molecule has 5 rings (SSSR count). The van der Waals surface area contributed by atoms with Crippen LogP contribution in [0.3, 0.4) is 0 Å². The molecule has 4 atom stereocenters. The number of nitrogens with zero attached hydrogens (tertiary/aromatic N) is 2. The number of carbonyl (C=O) groups excluding carboxylic acids is 3. The first kappa shape index (κ1) is 31.4. The Morgan fingerprint density at radius 1 is 1.04 bits per heavy atom. The lowest BCUT2D eigenvalue weighted by molar-refractivity contribution is -0.387. The summed E-state index contributed by atoms with van der Waals surface area (Å²) in [6, 6.07) is 18.5. The number of aliphatic carboxylic acids is 1. The third-order valence-electron chi connectivity index (χ3n) is 7.19. The molecular formula is C31H27N5O7S2. The molecule has 0 bridgehead atoms. The Labute approximate surface area is 266 Å². The van der Waals surface area contributed by atoms with Crippen molar-refractivity contribution in [2.45, 2.75) is 47.0 Å². The van der Waals surface area contributed by atoms with Crippen LogP contribution < -0.4 is 15.4 Å². The Bertz CT molecular complexity index is 1720. The molecule has 3 amide bonds. The van der Waals surface area contributed by atoms with Gasteiger partial charge in [-0.2, -0.15) is 0 Å². The molecule has 2 aliphatic rings. The summed E-state index contributed by atoms with van der Waals surface area (Å²) in [5, 5.41) is 25.6. The smallest absolute Gasteiger partial charge is 0.327 e. The quantitative estimate of drug-likeness (QED) is 0.0887. The molecule has 0 unspecified atom stereocenters. The molecule has 0 saturated carbocycles. The summed E-state index contributed by atoms with van der Waals surface area (Å²) in [4.78, 5) is 63.5. The van der Waals surface area contributed by atoms with Crippen molar-refractivity contribution in [1.29, 1.82) is 0 Å². The molecule has 2 heterocycles. The van der Waals surface area contributed by atoms with Gasteiger partial charge < -0.3 is 25.4 Å². The van der Waals surface area contributed by atoms with E-state index in [1.54, 1.807) is 86.6 Å². The fourth-order valence-corrected chi connectivity index (χ4v) is 7.44. The molecule has 2 saturated heterocycles. The average Bonchev–Trinajstić information content (AvgIpc) is 3.29. The molecule has 12 nitrogen and oxygen atoms in total. The summed E-state index contributed by atoms with van der Waals surface area (Å²) in [5.74, 6) is 2.29. The Morgan fingerprint density at radius 3 is 2.38 bits per heavy atom. The maximum absolute atomic E-state index is 13.4. The number of anilines is 1. The van der Waals surface area contributed by atoms with E-state index >= 15 is 0 Å². The van der Waals surface area contributed by atoms with Crippen LogP contribution in [0.15, 0.2) is 83.8 Å². The van der Waals surface area contributed by atoms with Gasteiger partial charge in [-0.3, -0.25) is 24.5 Å². The number of nitro groups is 1. The van der Waals surface area contributed by atoms with Crippen LogP contribution in [0.4, 0.5) is 11.4 Å². The van der Waals surface area contributed by atoms with Crippen molar-refractivity contribution in [3.63, 3.8) is 0 Å². The number of para-hydroxylation sites is 1. The molecule has 0 aliphatic carbocycles. The fraction of sp³-hybridized carbons (Fsp3) is 0.226. The number of carbonyl (C=O) groups is 4. The molecule has 45 heavy (non-hydrogen) atoms. The van der Waals surface area contributed by atoms with E-state index in [-0.39, 0.29) is 5.69 Å². The summed E-state index contributed by atoms with van der Waals surface area (Å²) >= 11 is 2.40. The van der Waals surface area contributed by atoms with Crippen molar-refractivity contribution in [3.05, 3.63) is 100 Å². The molecule has 3 aromatic rings. The number of thioether (sulfide) groups is 1. The van der Waals surface area contributed by atoms with Gasteiger partial charge in [-0.05, 0) is 61.7 Å². The van der Waals surface area contributed by atoms with Crippen molar-refractivity contribution >= 4 is 58.8 Å². The van der Waals surface area contributed by atoms with Gasteiger partial charge in [-0.25, -0.2) is 4.79 Å². The minimum Gasteiger partial charge on any atom is -0.480 e. The second-order valence-electron chi connectivity index (χ2n) is 10.7. The lowest BCUT2D eigenvalue weighted by atomic mass is 9.95. The van der Waals surface area contributed by atoms with Crippen LogP contribution in [0.5, 0.6) is 0 Å². The van der Waals surface area contributed by atoms with E-state index in [9.17, 15) is 34.4 Å². The van der Waals surface area contributed by atoms with E-state index in [2.05, 4.69) is 27.2 Å². The molecular weight excluding hydrogens is 619 g/mol. The van der Waals surface area contributed by atoms with Gasteiger partial charge in [0.25, 0.3) is 11.6 Å². The highest BCUT2D eigenvalue weighted by atomic mass is 32.2. The average molecular weight is 646 g/mol. The Kier molecular flexibility index (Phi) is 9.03. The molecule has 230 valence electrons. The highest BCUT2D eigenvalue weighted by Crippen LogP contribution is 2.50. The zero-order valence-corrected chi connectivity index (χ0v) is 25.6. The highest BCUT2D eigenvalue weighted by molar-refractivity contribution is 8.01. The van der Waals surface area contributed by atoms with Crippen molar-refractivity contribution in [1.82, 2.24) is 15.5 Å². The largest absolute Gasteiger partial charge is 0.480 e. The van der Waals surface area contributed by atoms with Gasteiger partial charge in [0.2, 0.25) is 11.8 Å². The van der Waals surface area contributed by atoms with Gasteiger partial charge in [0, 0.05) is 28.0 Å². The van der Waals surface area contributed by atoms with Crippen molar-refractivity contribution in [2.75, 3.05) is 4.72 Å². The monoisotopic (exact) mass is 645 g/mol. The summed E-state index contributed by atoms with van der Waals surface area (Å²) in [6.45, 7) is 3.49. The molecule has 0 aromatic heterocycles. The van der Waals surface area contributed by atoms with Crippen LogP contribution in [-0.2, 0) is 19.2 Å². The van der Waals surface area contributed by atoms with E-state index in [1.807, 2.05) is 0 Å². The standard InChI is InChI=1S/C31H27N5O7S2/c1-31(2)26(30(40)41)35-28(39)25(29(35)44-31)33-27(38)24(19-8-4-3-5-9-19)32-23(37)17-14-18-12-15-20(16-13-18)34-45-22-11-7-6-10-21(22)36(42)43/h3-13,15-16,24-26,29,34H,1-2H3,(H,32,37)(H,33,38)(H,40,41)/t24-,25-,26+,29-/m1/s1. The van der Waals surface area contributed by atoms with Gasteiger partial charge in [0.15, 0.2) is 0 Å². The summed E-state index contributed by atoms with van der Waals surface area (Å²) < 4.78 is 2.30. The lowest BCUT2D eigenvalue weighted by Crippen LogP contribution is -2.71. The first-order chi connectivity index (χ1) is 21.5. The van der Waals surface area contributed by atoms with Crippen molar-refractivity contribution < 1.29 is 29.2 Å². The van der Waals surface area contributed by atoms with Gasteiger partial charge in [0.05, 0.1) is 4.92 Å². The molecule has 4 N–H and O–H groups in total. The zero-order chi connectivity index (χ0) is 32.3. The van der Waals surface area contributed by atoms with Gasteiger partial charge in [0.1, 0.15) is 28.4 Å². The molecule has 3 aromatic carbocycles. The van der Waals surface area contributed by atoms with Gasteiger partial charge in [-0.15, -0.1) is 11.8 Å². The highest BCUT2D eigenvalue weighted by Gasteiger charge is 2.64. The van der Waals surface area contributed by atoms with Crippen molar-refractivity contribution in [2.24, 2.45) is 0 Å². The van der Waals surface area contributed by atoms with Gasteiger partial charge in [-0.1, -0.05) is 48.4 Å². The molecule has 14 heteroatoms. The number of rotatable bonds is 9. The van der Waals surface area contributed by atoms with Crippen LogP contribution in [-0.4, -0.2) is 60.8 Å². The Balaban J connectivity index is 1.23. The maximum Gasteiger partial charge on any atom is 0.327 e. The summed E-state index contributed by atoms with van der Waals surface area (Å²) in [5.41, 5.74) is 1.64. The Morgan fingerprint density at radius 2 is 1.71 bits per heavy atom. The van der Waals surface area contributed by atoms with E-state index in [0.717, 1.165) is 11.9 Å². The number of fused-ring (bicyclic) bond motifs is 1. The van der Waals surface area contributed by atoms with E-state index in [1.165, 1.54) is 22.7 Å². The number of hydrogen-bond acceptors (Lipinski definition) is 9. The Hall–Kier alpha value is -5.00. The predicted molar refractivity (Wildman–Crippen MR) is 169 cm³/mol. The third-order valence-corrected chi connectivity index (χ3v) is 9.66. The first-order valence-electron chi connectivity index (χ1n) is 13.6. The van der Waals surface area contributed by atoms with Crippen LogP contribution in [0.25, 0.3) is 0 Å². The number of nitrogens with one attached hydrogen (secondary N) is 3. The minimum absolute atomic E-state index is 0.0135. The number of carboxylic acid groups (broad SMARTS) is 1. The van der Waals surface area contributed by atoms with E-state index < -0.39 is 56.9 Å². The van der Waals surface area contributed by atoms with Crippen LogP contribution in [0, 0.1) is 22.0 Å². The predicted octanol–water partition coefficient (Wildman–Crippen LogP) is 3.55.